The predicted octanol–water partition coefficient (Wildman–Crippen LogP) is 3.88. The average molecular weight is 257 g/mol. The smallest absolute Gasteiger partial charge is 0.118 e. The van der Waals surface area contributed by atoms with E-state index in [0.717, 1.165) is 12.3 Å². The van der Waals surface area contributed by atoms with Gasteiger partial charge in [0.05, 0.1) is 7.11 Å². The molecule has 2 nitrogen and oxygen atoms in total. The Balaban J connectivity index is 0.000000200. The monoisotopic (exact) mass is 257 g/mol. The lowest BCUT2D eigenvalue weighted by atomic mass is 10.2. The highest BCUT2D eigenvalue weighted by Crippen LogP contribution is 2.05. The summed E-state index contributed by atoms with van der Waals surface area (Å²) in [6, 6.07) is 20.7. The van der Waals surface area contributed by atoms with Crippen LogP contribution in [-0.4, -0.2) is 13.2 Å². The van der Waals surface area contributed by atoms with Gasteiger partial charge in [-0.15, -0.1) is 0 Å². The van der Waals surface area contributed by atoms with Crippen LogP contribution < -0.4 is 10.1 Å². The SMILES string of the molecule is CC(C)NCc1ccccc1.COc1ccccc1. The largest absolute Gasteiger partial charge is 0.497 e. The zero-order valence-corrected chi connectivity index (χ0v) is 12.0. The Bertz CT molecular complexity index is 426. The van der Waals surface area contributed by atoms with E-state index in [0.29, 0.717) is 6.04 Å². The number of rotatable bonds is 4. The number of para-hydroxylation sites is 1. The molecule has 0 aliphatic carbocycles. The van der Waals surface area contributed by atoms with Crippen molar-refractivity contribution < 1.29 is 4.74 Å². The Kier molecular flexibility index (Phi) is 7.37. The first kappa shape index (κ1) is 15.3. The second-order valence-corrected chi connectivity index (χ2v) is 4.54. The molecule has 0 aliphatic rings. The Hall–Kier alpha value is -1.80. The molecule has 0 heterocycles. The minimum Gasteiger partial charge on any atom is -0.497 e. The maximum atomic E-state index is 4.91. The summed E-state index contributed by atoms with van der Waals surface area (Å²) in [5.74, 6) is 0.910. The van der Waals surface area contributed by atoms with Gasteiger partial charge >= 0.3 is 0 Å². The minimum absolute atomic E-state index is 0.565. The van der Waals surface area contributed by atoms with Crippen molar-refractivity contribution in [1.82, 2.24) is 5.32 Å². The third-order valence-electron chi connectivity index (χ3n) is 2.54. The molecule has 0 aromatic heterocycles. The van der Waals surface area contributed by atoms with Crippen LogP contribution in [0.3, 0.4) is 0 Å². The molecule has 0 amide bonds. The van der Waals surface area contributed by atoms with Crippen molar-refractivity contribution in [3.8, 4) is 5.75 Å². The number of ether oxygens (including phenoxy) is 1. The van der Waals surface area contributed by atoms with Gasteiger partial charge < -0.3 is 10.1 Å². The van der Waals surface area contributed by atoms with Gasteiger partial charge in [-0.2, -0.15) is 0 Å². The Morgan fingerprint density at radius 2 is 1.42 bits per heavy atom. The summed E-state index contributed by atoms with van der Waals surface area (Å²) in [4.78, 5) is 0. The van der Waals surface area contributed by atoms with Crippen LogP contribution in [0.4, 0.5) is 0 Å². The third kappa shape index (κ3) is 7.27. The van der Waals surface area contributed by atoms with Crippen LogP contribution in [-0.2, 0) is 6.54 Å². The normalized spacial score (nSPS) is 9.68. The van der Waals surface area contributed by atoms with Crippen molar-refractivity contribution in [3.05, 3.63) is 66.2 Å². The van der Waals surface area contributed by atoms with E-state index in [4.69, 9.17) is 4.74 Å². The minimum atomic E-state index is 0.565. The van der Waals surface area contributed by atoms with Crippen molar-refractivity contribution >= 4 is 0 Å². The molecule has 0 saturated heterocycles. The molecule has 0 saturated carbocycles. The van der Waals surface area contributed by atoms with Gasteiger partial charge in [-0.05, 0) is 17.7 Å². The third-order valence-corrected chi connectivity index (χ3v) is 2.54. The number of benzene rings is 2. The van der Waals surface area contributed by atoms with E-state index in [2.05, 4.69) is 43.4 Å². The fraction of sp³-hybridized carbons (Fsp3) is 0.294. The predicted molar refractivity (Wildman–Crippen MR) is 81.4 cm³/mol. The fourth-order valence-corrected chi connectivity index (χ4v) is 1.47. The van der Waals surface area contributed by atoms with Gasteiger partial charge in [0.15, 0.2) is 0 Å². The lowest BCUT2D eigenvalue weighted by molar-refractivity contribution is 0.415. The molecule has 0 aliphatic heterocycles. The number of hydrogen-bond donors (Lipinski definition) is 1. The highest BCUT2D eigenvalue weighted by atomic mass is 16.5. The van der Waals surface area contributed by atoms with E-state index >= 15 is 0 Å². The molecule has 0 atom stereocenters. The van der Waals surface area contributed by atoms with E-state index < -0.39 is 0 Å². The average Bonchev–Trinajstić information content (AvgIpc) is 2.48. The van der Waals surface area contributed by atoms with E-state index in [1.807, 2.05) is 36.4 Å². The molecule has 0 bridgehead atoms. The number of methoxy groups -OCH3 is 1. The Morgan fingerprint density at radius 3 is 1.84 bits per heavy atom. The highest BCUT2D eigenvalue weighted by Gasteiger charge is 1.92. The zero-order valence-electron chi connectivity index (χ0n) is 12.0. The van der Waals surface area contributed by atoms with Gasteiger partial charge in [0.25, 0.3) is 0 Å². The molecule has 102 valence electrons. The molecular formula is C17H23NO. The van der Waals surface area contributed by atoms with Crippen molar-refractivity contribution in [1.29, 1.82) is 0 Å². The van der Waals surface area contributed by atoms with E-state index in [-0.39, 0.29) is 0 Å². The molecule has 0 radical (unpaired) electrons. The quantitative estimate of drug-likeness (QED) is 0.897. The summed E-state index contributed by atoms with van der Waals surface area (Å²) in [7, 11) is 1.66. The van der Waals surface area contributed by atoms with Crippen molar-refractivity contribution in [2.24, 2.45) is 0 Å². The van der Waals surface area contributed by atoms with Gasteiger partial charge in [0.1, 0.15) is 5.75 Å². The summed E-state index contributed by atoms with van der Waals surface area (Å²) in [6.07, 6.45) is 0. The molecule has 19 heavy (non-hydrogen) atoms. The Morgan fingerprint density at radius 1 is 0.895 bits per heavy atom. The summed E-state index contributed by atoms with van der Waals surface area (Å²) < 4.78 is 4.91. The van der Waals surface area contributed by atoms with Gasteiger partial charge in [-0.1, -0.05) is 62.4 Å². The van der Waals surface area contributed by atoms with Crippen LogP contribution >= 0.6 is 0 Å². The van der Waals surface area contributed by atoms with Crippen LogP contribution in [0.25, 0.3) is 0 Å². The molecule has 0 fully saturated rings. The first-order chi connectivity index (χ1) is 9.22. The molecular weight excluding hydrogens is 234 g/mol. The molecule has 0 unspecified atom stereocenters. The van der Waals surface area contributed by atoms with Gasteiger partial charge in [-0.3, -0.25) is 0 Å². The van der Waals surface area contributed by atoms with E-state index in [9.17, 15) is 0 Å². The summed E-state index contributed by atoms with van der Waals surface area (Å²) in [6.45, 7) is 5.28. The first-order valence-corrected chi connectivity index (χ1v) is 6.58. The van der Waals surface area contributed by atoms with Gasteiger partial charge in [-0.25, -0.2) is 0 Å². The molecule has 0 spiro atoms. The second-order valence-electron chi connectivity index (χ2n) is 4.54. The topological polar surface area (TPSA) is 21.3 Å². The lowest BCUT2D eigenvalue weighted by Crippen LogP contribution is -2.21. The van der Waals surface area contributed by atoms with E-state index in [1.54, 1.807) is 7.11 Å². The summed E-state index contributed by atoms with van der Waals surface area (Å²) in [5.41, 5.74) is 1.35. The van der Waals surface area contributed by atoms with Crippen LogP contribution in [0, 0.1) is 0 Å². The van der Waals surface area contributed by atoms with Crippen LogP contribution in [0.15, 0.2) is 60.7 Å². The molecule has 2 heteroatoms. The van der Waals surface area contributed by atoms with Crippen molar-refractivity contribution in [2.75, 3.05) is 7.11 Å². The molecule has 1 N–H and O–H groups in total. The number of hydrogen-bond acceptors (Lipinski definition) is 2. The Labute approximate surface area is 116 Å². The molecule has 2 aromatic rings. The standard InChI is InChI=1S/C10H15N.C7H8O/c1-9(2)11-8-10-6-4-3-5-7-10;1-8-7-5-3-2-4-6-7/h3-7,9,11H,8H2,1-2H3;2-6H,1H3. The fourth-order valence-electron chi connectivity index (χ4n) is 1.47. The lowest BCUT2D eigenvalue weighted by Gasteiger charge is -2.06. The molecule has 2 rings (SSSR count). The number of nitrogens with one attached hydrogen (secondary N) is 1. The van der Waals surface area contributed by atoms with E-state index in [1.165, 1.54) is 5.56 Å². The maximum Gasteiger partial charge on any atom is 0.118 e. The summed E-state index contributed by atoms with van der Waals surface area (Å²) in [5, 5.41) is 3.36. The molecule has 2 aromatic carbocycles. The highest BCUT2D eigenvalue weighted by molar-refractivity contribution is 5.20. The van der Waals surface area contributed by atoms with Crippen molar-refractivity contribution in [2.45, 2.75) is 26.4 Å². The van der Waals surface area contributed by atoms with Gasteiger partial charge in [0.2, 0.25) is 0 Å². The van der Waals surface area contributed by atoms with Crippen LogP contribution in [0.2, 0.25) is 0 Å². The second kappa shape index (κ2) is 9.17. The first-order valence-electron chi connectivity index (χ1n) is 6.58. The van der Waals surface area contributed by atoms with Gasteiger partial charge in [0, 0.05) is 12.6 Å². The van der Waals surface area contributed by atoms with Crippen molar-refractivity contribution in [3.63, 3.8) is 0 Å². The van der Waals surface area contributed by atoms with Crippen LogP contribution in [0.1, 0.15) is 19.4 Å². The zero-order chi connectivity index (χ0) is 13.9. The summed E-state index contributed by atoms with van der Waals surface area (Å²) >= 11 is 0. The maximum absolute atomic E-state index is 4.91. The van der Waals surface area contributed by atoms with Crippen LogP contribution in [0.5, 0.6) is 5.75 Å².